The molecule has 1 aromatic carbocycles. The van der Waals surface area contributed by atoms with E-state index in [-0.39, 0.29) is 29.6 Å². The molecule has 0 saturated carbocycles. The lowest BCUT2D eigenvalue weighted by Crippen LogP contribution is -2.46. The van der Waals surface area contributed by atoms with Gasteiger partial charge in [-0.25, -0.2) is 23.4 Å². The molecular weight excluding hydrogens is 510 g/mol. The number of nitrogens with zero attached hydrogens (tertiary/aromatic N) is 4. The highest BCUT2D eigenvalue weighted by Crippen LogP contribution is 2.37. The number of carbonyl (C=O) groups excluding carboxylic acids is 1. The van der Waals surface area contributed by atoms with Crippen molar-refractivity contribution in [3.63, 3.8) is 0 Å². The van der Waals surface area contributed by atoms with Crippen LogP contribution in [0.3, 0.4) is 0 Å². The molecular formula is C27H34F2N6O4. The smallest absolute Gasteiger partial charge is 0.328 e. The third kappa shape index (κ3) is 5.17. The Balaban J connectivity index is 1.36. The Hall–Kier alpha value is -3.67. The van der Waals surface area contributed by atoms with Crippen LogP contribution in [-0.2, 0) is 16.9 Å². The summed E-state index contributed by atoms with van der Waals surface area (Å²) in [5.74, 6) is -1.60. The van der Waals surface area contributed by atoms with Gasteiger partial charge in [0.1, 0.15) is 11.4 Å². The normalized spacial score (nSPS) is 20.5. The zero-order valence-corrected chi connectivity index (χ0v) is 22.3. The molecule has 3 N–H and O–H groups in total. The van der Waals surface area contributed by atoms with Crippen molar-refractivity contribution in [3.05, 3.63) is 69.8 Å². The number of piperidine rings is 1. The van der Waals surface area contributed by atoms with Gasteiger partial charge in [-0.15, -0.1) is 0 Å². The third-order valence-electron chi connectivity index (χ3n) is 8.13. The number of fused-ring (bicyclic) bond motifs is 1. The molecule has 2 aromatic heterocycles. The summed E-state index contributed by atoms with van der Waals surface area (Å²) in [6.45, 7) is 5.07. The van der Waals surface area contributed by atoms with Gasteiger partial charge in [-0.1, -0.05) is 12.1 Å². The standard InChI is InChI=1S/C27H34F2N6O4/c1-27(2,39-3)21-13-30-24-20(8-7-16(14-35(21)24)18-5-4-6-19(28)23(18)29)31-25(37)33-11-9-17(10-12-33)34-15-22(36)32-26(34)38/h4-6,13,15-17,20,36H,7-12,14H2,1-3H3,(H,31,37)(H,32,38)/t16-,20-/m1/s1. The molecule has 5 rings (SSSR count). The van der Waals surface area contributed by atoms with E-state index in [2.05, 4.69) is 15.3 Å². The van der Waals surface area contributed by atoms with Crippen LogP contribution in [0.5, 0.6) is 5.88 Å². The van der Waals surface area contributed by atoms with E-state index in [4.69, 9.17) is 4.74 Å². The topological polar surface area (TPSA) is 117 Å². The molecule has 1 saturated heterocycles. The summed E-state index contributed by atoms with van der Waals surface area (Å²) in [6, 6.07) is 3.43. The van der Waals surface area contributed by atoms with Gasteiger partial charge in [0.05, 0.1) is 24.1 Å². The molecule has 0 bridgehead atoms. The van der Waals surface area contributed by atoms with Crippen LogP contribution in [-0.4, -0.2) is 55.3 Å². The second-order valence-electron chi connectivity index (χ2n) is 10.8. The molecule has 12 heteroatoms. The van der Waals surface area contributed by atoms with E-state index in [1.54, 1.807) is 24.3 Å². The first-order valence-electron chi connectivity index (χ1n) is 13.2. The minimum absolute atomic E-state index is 0.115. The van der Waals surface area contributed by atoms with Crippen LogP contribution in [0, 0.1) is 11.6 Å². The molecule has 2 aliphatic heterocycles. The van der Waals surface area contributed by atoms with Crippen molar-refractivity contribution < 1.29 is 23.4 Å². The number of benzene rings is 1. The summed E-state index contributed by atoms with van der Waals surface area (Å²) in [5.41, 5.74) is 0.0154. The van der Waals surface area contributed by atoms with Crippen LogP contribution >= 0.6 is 0 Å². The fourth-order valence-corrected chi connectivity index (χ4v) is 5.74. The summed E-state index contributed by atoms with van der Waals surface area (Å²) in [7, 11) is 1.60. The molecule has 2 atom stereocenters. The number of methoxy groups -OCH3 is 1. The molecule has 0 aliphatic carbocycles. The number of urea groups is 1. The molecule has 210 valence electrons. The predicted molar refractivity (Wildman–Crippen MR) is 138 cm³/mol. The van der Waals surface area contributed by atoms with E-state index in [0.717, 1.165) is 11.8 Å². The van der Waals surface area contributed by atoms with Crippen molar-refractivity contribution in [1.82, 2.24) is 29.3 Å². The average Bonchev–Trinajstić information content (AvgIpc) is 3.44. The zero-order valence-electron chi connectivity index (χ0n) is 22.3. The lowest BCUT2D eigenvalue weighted by molar-refractivity contribution is 0.0120. The van der Waals surface area contributed by atoms with Gasteiger partial charge >= 0.3 is 11.7 Å². The highest BCUT2D eigenvalue weighted by atomic mass is 19.2. The first kappa shape index (κ1) is 26.9. The van der Waals surface area contributed by atoms with E-state index in [9.17, 15) is 23.5 Å². The monoisotopic (exact) mass is 544 g/mol. The zero-order chi connectivity index (χ0) is 27.9. The lowest BCUT2D eigenvalue weighted by atomic mass is 9.92. The van der Waals surface area contributed by atoms with Crippen LogP contribution in [0.4, 0.5) is 13.6 Å². The number of aromatic nitrogens is 4. The molecule has 0 spiro atoms. The molecule has 2 aliphatic rings. The molecule has 39 heavy (non-hydrogen) atoms. The number of likely N-dealkylation sites (tertiary alicyclic amines) is 1. The van der Waals surface area contributed by atoms with Crippen molar-refractivity contribution in [3.8, 4) is 5.88 Å². The summed E-state index contributed by atoms with van der Waals surface area (Å²) >= 11 is 0. The summed E-state index contributed by atoms with van der Waals surface area (Å²) in [4.78, 5) is 34.1. The largest absolute Gasteiger partial charge is 0.493 e. The van der Waals surface area contributed by atoms with E-state index in [1.165, 1.54) is 16.8 Å². The van der Waals surface area contributed by atoms with Gasteiger partial charge < -0.3 is 24.6 Å². The van der Waals surface area contributed by atoms with Crippen molar-refractivity contribution >= 4 is 6.03 Å². The van der Waals surface area contributed by atoms with Gasteiger partial charge in [0.25, 0.3) is 0 Å². The fourth-order valence-electron chi connectivity index (χ4n) is 5.74. The quantitative estimate of drug-likeness (QED) is 0.450. The van der Waals surface area contributed by atoms with Gasteiger partial charge in [0, 0.05) is 38.7 Å². The fraction of sp³-hybridized carbons (Fsp3) is 0.519. The SMILES string of the molecule is COC(C)(C)c1cnc2n1C[C@H](c1cccc(F)c1F)CC[C@H]2NC(=O)N1CCC(n2cc(O)[nH]c2=O)CC1. The van der Waals surface area contributed by atoms with Gasteiger partial charge in [-0.3, -0.25) is 9.55 Å². The summed E-state index contributed by atoms with van der Waals surface area (Å²) < 4.78 is 38.1. The van der Waals surface area contributed by atoms with Gasteiger partial charge in [0.15, 0.2) is 11.6 Å². The number of amides is 2. The predicted octanol–water partition coefficient (Wildman–Crippen LogP) is 3.90. The minimum atomic E-state index is -0.884. The number of aromatic amines is 1. The second kappa shape index (κ2) is 10.5. The van der Waals surface area contributed by atoms with Crippen molar-refractivity contribution in [1.29, 1.82) is 0 Å². The second-order valence-corrected chi connectivity index (χ2v) is 10.8. The Morgan fingerprint density at radius 2 is 1.95 bits per heavy atom. The Morgan fingerprint density at radius 3 is 2.62 bits per heavy atom. The van der Waals surface area contributed by atoms with Crippen molar-refractivity contribution in [2.45, 2.75) is 69.7 Å². The number of hydrogen-bond acceptors (Lipinski definition) is 5. The Kier molecular flexibility index (Phi) is 7.23. The highest BCUT2D eigenvalue weighted by Gasteiger charge is 2.35. The maximum Gasteiger partial charge on any atom is 0.328 e. The molecule has 0 radical (unpaired) electrons. The van der Waals surface area contributed by atoms with Crippen LogP contribution in [0.1, 0.15) is 74.6 Å². The van der Waals surface area contributed by atoms with E-state index in [1.807, 2.05) is 18.4 Å². The van der Waals surface area contributed by atoms with E-state index in [0.29, 0.717) is 56.7 Å². The number of H-pyrrole nitrogens is 1. The number of halogens is 2. The Bertz CT molecular complexity index is 1410. The maximum atomic E-state index is 14.8. The average molecular weight is 545 g/mol. The molecule has 10 nitrogen and oxygen atoms in total. The number of rotatable bonds is 5. The summed E-state index contributed by atoms with van der Waals surface area (Å²) in [5, 5.41) is 12.7. The van der Waals surface area contributed by atoms with Crippen LogP contribution < -0.4 is 11.0 Å². The first-order chi connectivity index (χ1) is 18.6. The number of carbonyl (C=O) groups is 1. The number of hydrogen-bond donors (Lipinski definition) is 3. The summed E-state index contributed by atoms with van der Waals surface area (Å²) in [6.07, 6.45) is 5.24. The van der Waals surface area contributed by atoms with Gasteiger partial charge in [-0.05, 0) is 51.2 Å². The van der Waals surface area contributed by atoms with Crippen LogP contribution in [0.2, 0.25) is 0 Å². The minimum Gasteiger partial charge on any atom is -0.493 e. The van der Waals surface area contributed by atoms with Gasteiger partial charge in [0.2, 0.25) is 5.88 Å². The number of imidazole rings is 2. The Morgan fingerprint density at radius 1 is 1.21 bits per heavy atom. The maximum absolute atomic E-state index is 14.8. The molecule has 1 fully saturated rings. The molecule has 0 unspecified atom stereocenters. The van der Waals surface area contributed by atoms with Crippen LogP contribution in [0.25, 0.3) is 0 Å². The number of ether oxygens (including phenoxy) is 1. The number of aromatic hydroxyl groups is 1. The van der Waals surface area contributed by atoms with E-state index < -0.39 is 23.3 Å². The molecule has 2 amide bonds. The first-order valence-corrected chi connectivity index (χ1v) is 13.2. The lowest BCUT2D eigenvalue weighted by Gasteiger charge is -2.33. The van der Waals surface area contributed by atoms with E-state index >= 15 is 0 Å². The number of nitrogens with one attached hydrogen (secondary N) is 2. The highest BCUT2D eigenvalue weighted by molar-refractivity contribution is 5.74. The Labute approximate surface area is 224 Å². The van der Waals surface area contributed by atoms with Crippen LogP contribution in [0.15, 0.2) is 35.4 Å². The molecule has 4 heterocycles. The molecule has 3 aromatic rings. The van der Waals surface area contributed by atoms with Crippen molar-refractivity contribution in [2.24, 2.45) is 0 Å². The van der Waals surface area contributed by atoms with Crippen molar-refractivity contribution in [2.75, 3.05) is 20.2 Å². The van der Waals surface area contributed by atoms with Gasteiger partial charge in [-0.2, -0.15) is 0 Å². The third-order valence-corrected chi connectivity index (χ3v) is 8.13.